The molecule has 32 heavy (non-hydrogen) atoms. The van der Waals surface area contributed by atoms with Crippen LogP contribution in [0.1, 0.15) is 31.2 Å². The molecule has 4 N–H and O–H groups in total. The number of nitriles is 1. The summed E-state index contributed by atoms with van der Waals surface area (Å²) in [5, 5.41) is 31.2. The standard InChI is InChI=1S/C23H22FN5O3/c24-16-10-15(13-25)19(27-22-12-20(29-32-22)14-6-2-1-3-7-14)11-21(16)26-17-8-4-5-9-18(17)28-23(30)31/h1-3,6-7,10-12,17-18,26-28H,4-5,8-9H2,(H,30,31). The van der Waals surface area contributed by atoms with Crippen molar-refractivity contribution >= 4 is 23.4 Å². The zero-order valence-electron chi connectivity index (χ0n) is 17.1. The number of carboxylic acid groups (broad SMARTS) is 1. The lowest BCUT2D eigenvalue weighted by molar-refractivity contribution is 0.184. The van der Waals surface area contributed by atoms with Crippen molar-refractivity contribution in [2.45, 2.75) is 37.8 Å². The van der Waals surface area contributed by atoms with Crippen LogP contribution in [-0.4, -0.2) is 28.4 Å². The van der Waals surface area contributed by atoms with Crippen molar-refractivity contribution in [1.82, 2.24) is 10.5 Å². The number of benzene rings is 2. The Morgan fingerprint density at radius 3 is 2.59 bits per heavy atom. The fraction of sp³-hybridized carbons (Fsp3) is 0.261. The van der Waals surface area contributed by atoms with Gasteiger partial charge in [0.25, 0.3) is 0 Å². The monoisotopic (exact) mass is 435 g/mol. The van der Waals surface area contributed by atoms with E-state index in [0.717, 1.165) is 24.5 Å². The number of aromatic nitrogens is 1. The summed E-state index contributed by atoms with van der Waals surface area (Å²) in [6, 6.07) is 15.2. The summed E-state index contributed by atoms with van der Waals surface area (Å²) in [7, 11) is 0. The average molecular weight is 435 g/mol. The first-order valence-corrected chi connectivity index (χ1v) is 10.3. The molecular formula is C23H22FN5O3. The second kappa shape index (κ2) is 9.39. The van der Waals surface area contributed by atoms with Gasteiger partial charge in [-0.25, -0.2) is 9.18 Å². The lowest BCUT2D eigenvalue weighted by atomic mass is 9.90. The maximum Gasteiger partial charge on any atom is 0.404 e. The SMILES string of the molecule is N#Cc1cc(F)c(NC2CCCCC2NC(=O)O)cc1Nc1cc(-c2ccccc2)no1. The average Bonchev–Trinajstić information content (AvgIpc) is 3.26. The molecule has 9 heteroatoms. The molecule has 2 aromatic carbocycles. The molecular weight excluding hydrogens is 413 g/mol. The maximum absolute atomic E-state index is 14.7. The summed E-state index contributed by atoms with van der Waals surface area (Å²) in [5.74, 6) is -0.282. The highest BCUT2D eigenvalue weighted by Crippen LogP contribution is 2.31. The third kappa shape index (κ3) is 4.81. The Bertz CT molecular complexity index is 1140. The van der Waals surface area contributed by atoms with E-state index in [1.807, 2.05) is 36.4 Å². The van der Waals surface area contributed by atoms with Crippen molar-refractivity contribution in [3.63, 3.8) is 0 Å². The fourth-order valence-electron chi connectivity index (χ4n) is 3.93. The van der Waals surface area contributed by atoms with Crippen molar-refractivity contribution in [1.29, 1.82) is 5.26 Å². The third-order valence-corrected chi connectivity index (χ3v) is 5.48. The van der Waals surface area contributed by atoms with Crippen LogP contribution >= 0.6 is 0 Å². The molecule has 8 nitrogen and oxygen atoms in total. The van der Waals surface area contributed by atoms with Gasteiger partial charge in [0.1, 0.15) is 17.6 Å². The number of anilines is 3. The largest absolute Gasteiger partial charge is 0.465 e. The summed E-state index contributed by atoms with van der Waals surface area (Å²) < 4.78 is 20.1. The molecule has 2 atom stereocenters. The maximum atomic E-state index is 14.7. The topological polar surface area (TPSA) is 123 Å². The normalized spacial score (nSPS) is 17.9. The van der Waals surface area contributed by atoms with Gasteiger partial charge in [-0.05, 0) is 25.0 Å². The summed E-state index contributed by atoms with van der Waals surface area (Å²) in [6.07, 6.45) is 2.09. The first-order chi connectivity index (χ1) is 15.5. The molecule has 0 spiro atoms. The van der Waals surface area contributed by atoms with Crippen LogP contribution in [0.25, 0.3) is 11.3 Å². The van der Waals surface area contributed by atoms with Crippen LogP contribution in [0.4, 0.5) is 26.4 Å². The molecule has 1 aliphatic rings. The number of amides is 1. The van der Waals surface area contributed by atoms with Gasteiger partial charge in [-0.1, -0.05) is 48.3 Å². The van der Waals surface area contributed by atoms with Crippen molar-refractivity contribution < 1.29 is 18.8 Å². The number of hydrogen-bond donors (Lipinski definition) is 4. The highest BCUT2D eigenvalue weighted by atomic mass is 19.1. The minimum atomic E-state index is -1.11. The molecule has 164 valence electrons. The molecule has 1 aliphatic carbocycles. The van der Waals surface area contributed by atoms with E-state index in [1.165, 1.54) is 6.07 Å². The Morgan fingerprint density at radius 2 is 1.88 bits per heavy atom. The number of carbonyl (C=O) groups is 1. The van der Waals surface area contributed by atoms with Crippen LogP contribution in [-0.2, 0) is 0 Å². The number of nitrogens with one attached hydrogen (secondary N) is 3. The number of rotatable bonds is 6. The molecule has 2 unspecified atom stereocenters. The van der Waals surface area contributed by atoms with Gasteiger partial charge in [-0.15, -0.1) is 0 Å². The zero-order valence-corrected chi connectivity index (χ0v) is 17.1. The van der Waals surface area contributed by atoms with E-state index >= 15 is 0 Å². The molecule has 0 saturated heterocycles. The summed E-state index contributed by atoms with van der Waals surface area (Å²) in [6.45, 7) is 0. The van der Waals surface area contributed by atoms with Crippen LogP contribution in [0.15, 0.2) is 53.1 Å². The van der Waals surface area contributed by atoms with E-state index in [0.29, 0.717) is 30.1 Å². The molecule has 0 radical (unpaired) electrons. The zero-order chi connectivity index (χ0) is 22.5. The Hall–Kier alpha value is -4.06. The van der Waals surface area contributed by atoms with Crippen LogP contribution < -0.4 is 16.0 Å². The van der Waals surface area contributed by atoms with Crippen LogP contribution in [0, 0.1) is 17.1 Å². The predicted octanol–water partition coefficient (Wildman–Crippen LogP) is 5.09. The molecule has 0 bridgehead atoms. The van der Waals surface area contributed by atoms with E-state index in [9.17, 15) is 14.4 Å². The van der Waals surface area contributed by atoms with Crippen LogP contribution in [0.2, 0.25) is 0 Å². The summed E-state index contributed by atoms with van der Waals surface area (Å²) in [5.41, 5.74) is 2.14. The van der Waals surface area contributed by atoms with Gasteiger partial charge in [-0.3, -0.25) is 0 Å². The van der Waals surface area contributed by atoms with E-state index in [1.54, 1.807) is 6.07 Å². The minimum Gasteiger partial charge on any atom is -0.465 e. The molecule has 1 saturated carbocycles. The van der Waals surface area contributed by atoms with E-state index in [2.05, 4.69) is 21.1 Å². The molecule has 0 aliphatic heterocycles. The van der Waals surface area contributed by atoms with Gasteiger partial charge in [0, 0.05) is 17.7 Å². The lowest BCUT2D eigenvalue weighted by Gasteiger charge is -2.33. The molecule has 1 fully saturated rings. The first-order valence-electron chi connectivity index (χ1n) is 10.3. The van der Waals surface area contributed by atoms with Crippen LogP contribution in [0.5, 0.6) is 0 Å². The highest BCUT2D eigenvalue weighted by Gasteiger charge is 2.27. The molecule has 1 aromatic heterocycles. The van der Waals surface area contributed by atoms with Gasteiger partial charge in [0.05, 0.1) is 23.0 Å². The summed E-state index contributed by atoms with van der Waals surface area (Å²) >= 11 is 0. The van der Waals surface area contributed by atoms with Gasteiger partial charge in [-0.2, -0.15) is 5.26 Å². The lowest BCUT2D eigenvalue weighted by Crippen LogP contribution is -2.48. The Balaban J connectivity index is 1.57. The Morgan fingerprint density at radius 1 is 1.12 bits per heavy atom. The van der Waals surface area contributed by atoms with Gasteiger partial charge in [0.15, 0.2) is 0 Å². The quantitative estimate of drug-likeness (QED) is 0.425. The van der Waals surface area contributed by atoms with Gasteiger partial charge < -0.3 is 25.6 Å². The van der Waals surface area contributed by atoms with E-state index in [-0.39, 0.29) is 23.3 Å². The smallest absolute Gasteiger partial charge is 0.404 e. The molecule has 1 amide bonds. The molecule has 3 aromatic rings. The number of halogens is 1. The van der Waals surface area contributed by atoms with E-state index < -0.39 is 11.9 Å². The Labute approximate surface area is 184 Å². The van der Waals surface area contributed by atoms with Crippen molar-refractivity contribution in [2.75, 3.05) is 10.6 Å². The second-order valence-electron chi connectivity index (χ2n) is 7.65. The Kier molecular flexibility index (Phi) is 6.22. The highest BCUT2D eigenvalue weighted by molar-refractivity contribution is 5.72. The second-order valence-corrected chi connectivity index (χ2v) is 7.65. The van der Waals surface area contributed by atoms with Gasteiger partial charge >= 0.3 is 6.09 Å². The molecule has 1 heterocycles. The molecule has 4 rings (SSSR count). The van der Waals surface area contributed by atoms with Crippen molar-refractivity contribution in [2.24, 2.45) is 0 Å². The summed E-state index contributed by atoms with van der Waals surface area (Å²) in [4.78, 5) is 11.1. The number of nitrogens with zero attached hydrogens (tertiary/aromatic N) is 2. The minimum absolute atomic E-state index is 0.106. The van der Waals surface area contributed by atoms with Crippen LogP contribution in [0.3, 0.4) is 0 Å². The first kappa shape index (κ1) is 21.2. The van der Waals surface area contributed by atoms with Gasteiger partial charge in [0.2, 0.25) is 5.88 Å². The number of hydrogen-bond acceptors (Lipinski definition) is 6. The predicted molar refractivity (Wildman–Crippen MR) is 117 cm³/mol. The van der Waals surface area contributed by atoms with E-state index in [4.69, 9.17) is 9.63 Å². The van der Waals surface area contributed by atoms with Crippen molar-refractivity contribution in [3.05, 3.63) is 59.9 Å². The fourth-order valence-corrected chi connectivity index (χ4v) is 3.93. The third-order valence-electron chi connectivity index (χ3n) is 5.48. The van der Waals surface area contributed by atoms with Crippen molar-refractivity contribution in [3.8, 4) is 17.3 Å².